The molecule has 2 aromatic carbocycles. The van der Waals surface area contributed by atoms with Crippen molar-refractivity contribution in [3.05, 3.63) is 61.7 Å². The smallest absolute Gasteiger partial charge is 0.277 e. The average molecular weight is 455 g/mol. The van der Waals surface area contributed by atoms with E-state index in [0.29, 0.717) is 0 Å². The first kappa shape index (κ1) is 18.6. The molecule has 0 aliphatic rings. The van der Waals surface area contributed by atoms with E-state index in [9.17, 15) is 14.9 Å². The van der Waals surface area contributed by atoms with Crippen molar-refractivity contribution in [1.29, 1.82) is 0 Å². The molecule has 0 aromatic heterocycles. The summed E-state index contributed by atoms with van der Waals surface area (Å²) in [6, 6.07) is 11.1. The first-order chi connectivity index (χ1) is 12.0. The minimum atomic E-state index is -0.534. The predicted molar refractivity (Wildman–Crippen MR) is 100 cm³/mol. The predicted octanol–water partition coefficient (Wildman–Crippen LogP) is 2.74. The van der Waals surface area contributed by atoms with Crippen LogP contribution in [0.1, 0.15) is 5.56 Å². The van der Waals surface area contributed by atoms with Gasteiger partial charge in [0.2, 0.25) is 0 Å². The number of halogens is 1. The maximum absolute atomic E-state index is 11.7. The van der Waals surface area contributed by atoms with Gasteiger partial charge in [0, 0.05) is 6.07 Å². The zero-order valence-electron chi connectivity index (χ0n) is 13.1. The Labute approximate surface area is 157 Å². The molecule has 2 rings (SSSR count). The van der Waals surface area contributed by atoms with Gasteiger partial charge in [0.1, 0.15) is 11.5 Å². The summed E-state index contributed by atoms with van der Waals surface area (Å²) in [5.41, 5.74) is 3.01. The highest BCUT2D eigenvalue weighted by Crippen LogP contribution is 2.21. The number of hydrogen-bond acceptors (Lipinski definition) is 6. The van der Waals surface area contributed by atoms with Crippen LogP contribution in [0.4, 0.5) is 5.69 Å². The first-order valence-corrected chi connectivity index (χ1v) is 8.10. The normalized spacial score (nSPS) is 10.5. The lowest BCUT2D eigenvalue weighted by Gasteiger charge is -2.05. The Kier molecular flexibility index (Phi) is 6.69. The lowest BCUT2D eigenvalue weighted by Crippen LogP contribution is -2.24. The summed E-state index contributed by atoms with van der Waals surface area (Å²) in [7, 11) is 1.59. The zero-order chi connectivity index (χ0) is 18.2. The second-order valence-corrected chi connectivity index (χ2v) is 5.89. The number of amides is 1. The molecule has 0 saturated heterocycles. The maximum atomic E-state index is 11.7. The van der Waals surface area contributed by atoms with Crippen molar-refractivity contribution in [2.75, 3.05) is 13.7 Å². The van der Waals surface area contributed by atoms with E-state index in [1.807, 2.05) is 6.07 Å². The van der Waals surface area contributed by atoms with Crippen molar-refractivity contribution < 1.29 is 19.2 Å². The molecule has 130 valence electrons. The maximum Gasteiger partial charge on any atom is 0.277 e. The Balaban J connectivity index is 1.85. The number of non-ortho nitro benzene ring substituents is 1. The summed E-state index contributed by atoms with van der Waals surface area (Å²) >= 11 is 2.14. The molecule has 0 fully saturated rings. The van der Waals surface area contributed by atoms with Gasteiger partial charge in [0.05, 0.1) is 27.9 Å². The fourth-order valence-corrected chi connectivity index (χ4v) is 2.57. The molecule has 0 unspecified atom stereocenters. The number of nitrogens with one attached hydrogen (secondary N) is 1. The number of hydrazone groups is 1. The minimum Gasteiger partial charge on any atom is -0.496 e. The summed E-state index contributed by atoms with van der Waals surface area (Å²) in [5, 5.41) is 14.5. The van der Waals surface area contributed by atoms with Crippen LogP contribution in [0.25, 0.3) is 0 Å². The minimum absolute atomic E-state index is 0.106. The van der Waals surface area contributed by atoms with Crippen molar-refractivity contribution in [2.24, 2.45) is 5.10 Å². The third-order valence-corrected chi connectivity index (χ3v) is 3.82. The number of nitrogens with zero attached hydrogens (tertiary/aromatic N) is 2. The molecule has 0 spiro atoms. The zero-order valence-corrected chi connectivity index (χ0v) is 15.3. The van der Waals surface area contributed by atoms with Crippen LogP contribution in [0.5, 0.6) is 11.5 Å². The van der Waals surface area contributed by atoms with Crippen LogP contribution < -0.4 is 14.9 Å². The SMILES string of the molecule is COc1ccc(/C=N\NC(=O)COc2cccc([N+](=O)[O-])c2)cc1I. The third-order valence-electron chi connectivity index (χ3n) is 2.98. The number of methoxy groups -OCH3 is 1. The van der Waals surface area contributed by atoms with E-state index in [1.165, 1.54) is 30.5 Å². The number of ether oxygens (including phenoxy) is 2. The van der Waals surface area contributed by atoms with Crippen molar-refractivity contribution >= 4 is 40.4 Å². The second kappa shape index (κ2) is 8.97. The van der Waals surface area contributed by atoms with Crippen molar-refractivity contribution in [2.45, 2.75) is 0 Å². The molecule has 0 atom stereocenters. The number of carbonyl (C=O) groups excluding carboxylic acids is 1. The van der Waals surface area contributed by atoms with E-state index in [-0.39, 0.29) is 18.0 Å². The largest absolute Gasteiger partial charge is 0.496 e. The lowest BCUT2D eigenvalue weighted by atomic mass is 10.2. The van der Waals surface area contributed by atoms with E-state index in [1.54, 1.807) is 19.2 Å². The van der Waals surface area contributed by atoms with E-state index in [2.05, 4.69) is 33.1 Å². The molecule has 0 saturated carbocycles. The fraction of sp³-hybridized carbons (Fsp3) is 0.125. The molecule has 8 nitrogen and oxygen atoms in total. The Morgan fingerprint density at radius 2 is 2.16 bits per heavy atom. The number of nitro benzene ring substituents is 1. The molecule has 0 bridgehead atoms. The molecule has 0 aliphatic carbocycles. The van der Waals surface area contributed by atoms with Crippen LogP contribution in [0, 0.1) is 13.7 Å². The highest BCUT2D eigenvalue weighted by molar-refractivity contribution is 14.1. The Hall–Kier alpha value is -2.69. The molecule has 0 radical (unpaired) electrons. The highest BCUT2D eigenvalue weighted by Gasteiger charge is 2.08. The van der Waals surface area contributed by atoms with Crippen LogP contribution in [0.15, 0.2) is 47.6 Å². The number of rotatable bonds is 7. The fourth-order valence-electron chi connectivity index (χ4n) is 1.81. The van der Waals surface area contributed by atoms with Crippen molar-refractivity contribution in [3.63, 3.8) is 0 Å². The molecule has 2 aromatic rings. The van der Waals surface area contributed by atoms with Crippen LogP contribution in [0.3, 0.4) is 0 Å². The standard InChI is InChI=1S/C16H14IN3O5/c1-24-15-6-5-11(7-14(15)17)9-18-19-16(21)10-25-13-4-2-3-12(8-13)20(22)23/h2-9H,10H2,1H3,(H,19,21)/b18-9-. The van der Waals surface area contributed by atoms with Crippen molar-refractivity contribution in [1.82, 2.24) is 5.43 Å². The number of carbonyl (C=O) groups is 1. The summed E-state index contributed by atoms with van der Waals surface area (Å²) in [5.74, 6) is 0.510. The number of benzene rings is 2. The summed E-state index contributed by atoms with van der Waals surface area (Å²) < 4.78 is 11.3. The molecular formula is C16H14IN3O5. The molecule has 9 heteroatoms. The van der Waals surface area contributed by atoms with Gasteiger partial charge in [0.25, 0.3) is 11.6 Å². The van der Waals surface area contributed by atoms with Crippen LogP contribution >= 0.6 is 22.6 Å². The van der Waals surface area contributed by atoms with E-state index in [0.717, 1.165) is 14.9 Å². The highest BCUT2D eigenvalue weighted by atomic mass is 127. The summed E-state index contributed by atoms with van der Waals surface area (Å²) in [4.78, 5) is 21.8. The van der Waals surface area contributed by atoms with E-state index < -0.39 is 10.8 Å². The van der Waals surface area contributed by atoms with Gasteiger partial charge < -0.3 is 9.47 Å². The van der Waals surface area contributed by atoms with E-state index in [4.69, 9.17) is 9.47 Å². The van der Waals surface area contributed by atoms with Gasteiger partial charge in [-0.15, -0.1) is 0 Å². The summed E-state index contributed by atoms with van der Waals surface area (Å²) in [6.07, 6.45) is 1.49. The average Bonchev–Trinajstić information content (AvgIpc) is 2.60. The van der Waals surface area contributed by atoms with Gasteiger partial charge in [-0.05, 0) is 52.4 Å². The lowest BCUT2D eigenvalue weighted by molar-refractivity contribution is -0.384. The summed E-state index contributed by atoms with van der Waals surface area (Å²) in [6.45, 7) is -0.307. The molecule has 25 heavy (non-hydrogen) atoms. The Morgan fingerprint density at radius 3 is 2.84 bits per heavy atom. The monoisotopic (exact) mass is 455 g/mol. The van der Waals surface area contributed by atoms with Crippen molar-refractivity contribution in [3.8, 4) is 11.5 Å². The van der Waals surface area contributed by atoms with Gasteiger partial charge in [-0.1, -0.05) is 6.07 Å². The first-order valence-electron chi connectivity index (χ1n) is 7.02. The quantitative estimate of drug-likeness (QED) is 0.300. The van der Waals surface area contributed by atoms with Crippen LogP contribution in [-0.4, -0.2) is 30.8 Å². The van der Waals surface area contributed by atoms with Crippen LogP contribution in [0.2, 0.25) is 0 Å². The van der Waals surface area contributed by atoms with Gasteiger partial charge in [-0.2, -0.15) is 5.10 Å². The molecule has 1 N–H and O–H groups in total. The van der Waals surface area contributed by atoms with Gasteiger partial charge in [-0.3, -0.25) is 14.9 Å². The van der Waals surface area contributed by atoms with Gasteiger partial charge in [-0.25, -0.2) is 5.43 Å². The van der Waals surface area contributed by atoms with Gasteiger partial charge in [0.15, 0.2) is 6.61 Å². The Morgan fingerprint density at radius 1 is 1.36 bits per heavy atom. The number of hydrogen-bond donors (Lipinski definition) is 1. The molecule has 0 heterocycles. The molecule has 0 aliphatic heterocycles. The third kappa shape index (κ3) is 5.71. The Bertz CT molecular complexity index is 810. The topological polar surface area (TPSA) is 103 Å². The van der Waals surface area contributed by atoms with Crippen LogP contribution in [-0.2, 0) is 4.79 Å². The molecular weight excluding hydrogens is 441 g/mol. The number of nitro groups is 1. The van der Waals surface area contributed by atoms with E-state index >= 15 is 0 Å². The second-order valence-electron chi connectivity index (χ2n) is 4.73. The van der Waals surface area contributed by atoms with Gasteiger partial charge >= 0.3 is 0 Å². The molecule has 1 amide bonds.